The van der Waals surface area contributed by atoms with E-state index < -0.39 is 0 Å². The number of H-pyrrole nitrogens is 1. The van der Waals surface area contributed by atoms with Gasteiger partial charge in [0, 0.05) is 56.1 Å². The SMILES string of the molecule is CN=C(NCCc1cn2ccccc2n1)NCCc1c[nH]c2ccc(F)cc12. The summed E-state index contributed by atoms with van der Waals surface area (Å²) in [5.41, 5.74) is 4.03. The maximum Gasteiger partial charge on any atom is 0.190 e. The average Bonchev–Trinajstić information content (AvgIpc) is 3.30. The Morgan fingerprint density at radius 1 is 1.18 bits per heavy atom. The molecule has 0 unspecified atom stereocenters. The van der Waals surface area contributed by atoms with Crippen molar-refractivity contribution in [1.82, 2.24) is 25.0 Å². The highest BCUT2D eigenvalue weighted by Crippen LogP contribution is 2.19. The summed E-state index contributed by atoms with van der Waals surface area (Å²) in [6.45, 7) is 1.44. The fourth-order valence-electron chi connectivity index (χ4n) is 3.31. The standard InChI is InChI=1S/C21H23FN6/c1-23-21(25-10-8-17-14-28-11-3-2-4-20(28)27-17)24-9-7-15-13-26-19-6-5-16(22)12-18(15)19/h2-6,11-14,26H,7-10H2,1H3,(H2,23,24,25). The summed E-state index contributed by atoms with van der Waals surface area (Å²) in [5.74, 6) is 0.528. The van der Waals surface area contributed by atoms with E-state index in [4.69, 9.17) is 0 Å². The molecule has 4 rings (SSSR count). The van der Waals surface area contributed by atoms with Crippen molar-refractivity contribution < 1.29 is 4.39 Å². The van der Waals surface area contributed by atoms with Crippen LogP contribution >= 0.6 is 0 Å². The second kappa shape index (κ2) is 8.12. The number of hydrogen-bond donors (Lipinski definition) is 3. The van der Waals surface area contributed by atoms with Crippen LogP contribution in [0.3, 0.4) is 0 Å². The first-order valence-electron chi connectivity index (χ1n) is 9.35. The molecule has 7 heteroatoms. The van der Waals surface area contributed by atoms with Crippen LogP contribution in [-0.2, 0) is 12.8 Å². The van der Waals surface area contributed by atoms with E-state index in [0.717, 1.165) is 53.2 Å². The van der Waals surface area contributed by atoms with E-state index in [0.29, 0.717) is 6.54 Å². The molecule has 6 nitrogen and oxygen atoms in total. The summed E-state index contributed by atoms with van der Waals surface area (Å²) in [4.78, 5) is 12.0. The Labute approximate surface area is 162 Å². The largest absolute Gasteiger partial charge is 0.361 e. The van der Waals surface area contributed by atoms with Crippen molar-refractivity contribution in [3.8, 4) is 0 Å². The number of imidazole rings is 1. The summed E-state index contributed by atoms with van der Waals surface area (Å²) in [5, 5.41) is 7.54. The molecule has 28 heavy (non-hydrogen) atoms. The van der Waals surface area contributed by atoms with E-state index >= 15 is 0 Å². The molecule has 3 N–H and O–H groups in total. The third kappa shape index (κ3) is 3.98. The first-order chi connectivity index (χ1) is 13.7. The summed E-state index contributed by atoms with van der Waals surface area (Å²) >= 11 is 0. The van der Waals surface area contributed by atoms with Crippen molar-refractivity contribution in [3.05, 3.63) is 72.1 Å². The zero-order valence-electron chi connectivity index (χ0n) is 15.7. The fourth-order valence-corrected chi connectivity index (χ4v) is 3.31. The van der Waals surface area contributed by atoms with Crippen LogP contribution in [-0.4, -0.2) is 40.5 Å². The van der Waals surface area contributed by atoms with Crippen molar-refractivity contribution in [2.24, 2.45) is 4.99 Å². The van der Waals surface area contributed by atoms with Crippen LogP contribution < -0.4 is 10.6 Å². The first-order valence-corrected chi connectivity index (χ1v) is 9.35. The molecule has 0 aliphatic rings. The predicted molar refractivity (Wildman–Crippen MR) is 110 cm³/mol. The van der Waals surface area contributed by atoms with Gasteiger partial charge < -0.3 is 20.0 Å². The van der Waals surface area contributed by atoms with Gasteiger partial charge in [-0.1, -0.05) is 6.07 Å². The average molecular weight is 378 g/mol. The number of benzene rings is 1. The summed E-state index contributed by atoms with van der Waals surface area (Å²) in [6.07, 6.45) is 7.56. The van der Waals surface area contributed by atoms with Gasteiger partial charge in [0.2, 0.25) is 0 Å². The zero-order valence-corrected chi connectivity index (χ0v) is 15.7. The summed E-state index contributed by atoms with van der Waals surface area (Å²) in [6, 6.07) is 10.8. The lowest BCUT2D eigenvalue weighted by Crippen LogP contribution is -2.39. The monoisotopic (exact) mass is 378 g/mol. The van der Waals surface area contributed by atoms with Crippen LogP contribution in [0.25, 0.3) is 16.6 Å². The number of aromatic amines is 1. The number of aromatic nitrogens is 3. The number of pyridine rings is 1. The Kier molecular flexibility index (Phi) is 5.23. The second-order valence-corrected chi connectivity index (χ2v) is 6.63. The van der Waals surface area contributed by atoms with E-state index in [1.807, 2.05) is 41.2 Å². The molecular formula is C21H23FN6. The Morgan fingerprint density at radius 2 is 2.04 bits per heavy atom. The molecule has 144 valence electrons. The predicted octanol–water partition coefficient (Wildman–Crippen LogP) is 2.90. The molecule has 0 fully saturated rings. The van der Waals surface area contributed by atoms with E-state index in [1.165, 1.54) is 6.07 Å². The Bertz CT molecular complexity index is 1080. The molecule has 0 bridgehead atoms. The van der Waals surface area contributed by atoms with E-state index in [1.54, 1.807) is 19.2 Å². The minimum atomic E-state index is -0.217. The number of hydrogen-bond acceptors (Lipinski definition) is 2. The highest BCUT2D eigenvalue weighted by molar-refractivity contribution is 5.83. The Balaban J connectivity index is 1.27. The van der Waals surface area contributed by atoms with E-state index in [9.17, 15) is 4.39 Å². The van der Waals surface area contributed by atoms with Gasteiger partial charge in [-0.25, -0.2) is 9.37 Å². The van der Waals surface area contributed by atoms with Gasteiger partial charge in [-0.2, -0.15) is 0 Å². The van der Waals surface area contributed by atoms with Gasteiger partial charge in [-0.3, -0.25) is 4.99 Å². The van der Waals surface area contributed by atoms with Crippen LogP contribution in [0.2, 0.25) is 0 Å². The van der Waals surface area contributed by atoms with Gasteiger partial charge in [0.15, 0.2) is 5.96 Å². The molecule has 0 spiro atoms. The molecule has 3 heterocycles. The Morgan fingerprint density at radius 3 is 2.86 bits per heavy atom. The zero-order chi connectivity index (χ0) is 19.3. The van der Waals surface area contributed by atoms with Gasteiger partial charge in [0.25, 0.3) is 0 Å². The third-order valence-corrected chi connectivity index (χ3v) is 4.73. The van der Waals surface area contributed by atoms with E-state index in [-0.39, 0.29) is 5.82 Å². The highest BCUT2D eigenvalue weighted by atomic mass is 19.1. The number of guanidine groups is 1. The number of nitrogens with one attached hydrogen (secondary N) is 3. The number of fused-ring (bicyclic) bond motifs is 2. The number of halogens is 1. The van der Waals surface area contributed by atoms with E-state index in [2.05, 4.69) is 25.6 Å². The molecule has 0 saturated carbocycles. The molecule has 0 radical (unpaired) electrons. The van der Waals surface area contributed by atoms with Gasteiger partial charge in [0.1, 0.15) is 11.5 Å². The maximum absolute atomic E-state index is 13.5. The molecule has 0 aliphatic heterocycles. The van der Waals surface area contributed by atoms with Crippen molar-refractivity contribution in [1.29, 1.82) is 0 Å². The fraction of sp³-hybridized carbons (Fsp3) is 0.238. The van der Waals surface area contributed by atoms with Crippen molar-refractivity contribution >= 4 is 22.5 Å². The first kappa shape index (κ1) is 18.0. The molecule has 0 amide bonds. The third-order valence-electron chi connectivity index (χ3n) is 4.73. The van der Waals surface area contributed by atoms with Gasteiger partial charge in [-0.15, -0.1) is 0 Å². The molecule has 3 aromatic heterocycles. The van der Waals surface area contributed by atoms with Gasteiger partial charge in [-0.05, 0) is 42.3 Å². The van der Waals surface area contributed by atoms with Gasteiger partial charge in [0.05, 0.1) is 5.69 Å². The molecule has 1 aromatic carbocycles. The van der Waals surface area contributed by atoms with Crippen LogP contribution in [0.4, 0.5) is 4.39 Å². The second-order valence-electron chi connectivity index (χ2n) is 6.63. The summed E-state index contributed by atoms with van der Waals surface area (Å²) in [7, 11) is 1.75. The van der Waals surface area contributed by atoms with Crippen LogP contribution in [0, 0.1) is 5.82 Å². The smallest absolute Gasteiger partial charge is 0.190 e. The lowest BCUT2D eigenvalue weighted by atomic mass is 10.1. The molecule has 0 atom stereocenters. The number of rotatable bonds is 6. The molecule has 0 aliphatic carbocycles. The Hall–Kier alpha value is -3.35. The topological polar surface area (TPSA) is 69.5 Å². The van der Waals surface area contributed by atoms with Gasteiger partial charge >= 0.3 is 0 Å². The molecular weight excluding hydrogens is 355 g/mol. The highest BCUT2D eigenvalue weighted by Gasteiger charge is 2.06. The lowest BCUT2D eigenvalue weighted by molar-refractivity contribution is 0.629. The lowest BCUT2D eigenvalue weighted by Gasteiger charge is -2.11. The maximum atomic E-state index is 13.5. The quantitative estimate of drug-likeness (QED) is 0.357. The normalized spacial score (nSPS) is 12.0. The van der Waals surface area contributed by atoms with Crippen LogP contribution in [0.1, 0.15) is 11.3 Å². The van der Waals surface area contributed by atoms with Crippen molar-refractivity contribution in [2.75, 3.05) is 20.1 Å². The van der Waals surface area contributed by atoms with Crippen molar-refractivity contribution in [2.45, 2.75) is 12.8 Å². The minimum Gasteiger partial charge on any atom is -0.361 e. The number of nitrogens with zero attached hydrogens (tertiary/aromatic N) is 3. The number of aliphatic imine (C=N–C) groups is 1. The van der Waals surface area contributed by atoms with Crippen LogP contribution in [0.15, 0.2) is 60.0 Å². The minimum absolute atomic E-state index is 0.217. The molecule has 4 aromatic rings. The van der Waals surface area contributed by atoms with Crippen LogP contribution in [0.5, 0.6) is 0 Å². The summed E-state index contributed by atoms with van der Waals surface area (Å²) < 4.78 is 15.5. The van der Waals surface area contributed by atoms with Crippen molar-refractivity contribution in [3.63, 3.8) is 0 Å². The molecule has 0 saturated heterocycles.